The Kier molecular flexibility index (Phi) is 7.24. The fourth-order valence-electron chi connectivity index (χ4n) is 2.40. The minimum absolute atomic E-state index is 0.0172. The first kappa shape index (κ1) is 21.2. The molecule has 0 saturated heterocycles. The van der Waals surface area contributed by atoms with Gasteiger partial charge in [-0.3, -0.25) is 4.79 Å². The summed E-state index contributed by atoms with van der Waals surface area (Å²) in [6.45, 7) is 3.83. The molecule has 27 heavy (non-hydrogen) atoms. The van der Waals surface area contributed by atoms with Gasteiger partial charge in [0.15, 0.2) is 0 Å². The van der Waals surface area contributed by atoms with E-state index in [0.29, 0.717) is 5.02 Å². The van der Waals surface area contributed by atoms with E-state index in [1.807, 2.05) is 12.1 Å². The lowest BCUT2D eigenvalue weighted by molar-refractivity contribution is -0.123. The van der Waals surface area contributed by atoms with E-state index in [1.54, 1.807) is 45.2 Å². The Hall–Kier alpha value is -2.09. The Morgan fingerprint density at radius 2 is 1.81 bits per heavy atom. The molecular weight excluding hydrogens is 388 g/mol. The van der Waals surface area contributed by atoms with Gasteiger partial charge in [-0.05, 0) is 41.8 Å². The topological polar surface area (TPSA) is 84.5 Å². The normalized spacial score (nSPS) is 12.6. The third-order valence-corrected chi connectivity index (χ3v) is 5.64. The fraction of sp³-hybridized carbons (Fsp3) is 0.316. The molecule has 2 N–H and O–H groups in total. The molecule has 0 aliphatic rings. The van der Waals surface area contributed by atoms with E-state index in [0.717, 1.165) is 11.3 Å². The second-order valence-corrected chi connectivity index (χ2v) is 8.52. The minimum Gasteiger partial charge on any atom is -0.497 e. The Morgan fingerprint density at radius 3 is 2.37 bits per heavy atom. The van der Waals surface area contributed by atoms with Crippen molar-refractivity contribution in [3.05, 3.63) is 59.1 Å². The van der Waals surface area contributed by atoms with E-state index in [9.17, 15) is 13.2 Å². The summed E-state index contributed by atoms with van der Waals surface area (Å²) in [6.07, 6.45) is 0. The number of benzene rings is 2. The summed E-state index contributed by atoms with van der Waals surface area (Å²) in [7, 11) is -2.30. The van der Waals surface area contributed by atoms with Crippen LogP contribution in [0.15, 0.2) is 53.4 Å². The number of ether oxygens (including phenoxy) is 1. The molecule has 0 saturated carbocycles. The number of hydrogen-bond donors (Lipinski definition) is 2. The van der Waals surface area contributed by atoms with Crippen molar-refractivity contribution in [3.8, 4) is 5.75 Å². The Labute approximate surface area is 164 Å². The van der Waals surface area contributed by atoms with Gasteiger partial charge >= 0.3 is 0 Å². The van der Waals surface area contributed by atoms with Crippen molar-refractivity contribution in [1.82, 2.24) is 10.0 Å². The molecule has 6 nitrogen and oxygen atoms in total. The molecule has 146 valence electrons. The monoisotopic (exact) mass is 410 g/mol. The lowest BCUT2D eigenvalue weighted by Gasteiger charge is -2.21. The van der Waals surface area contributed by atoms with Gasteiger partial charge in [0.1, 0.15) is 11.8 Å². The van der Waals surface area contributed by atoms with Gasteiger partial charge in [0.25, 0.3) is 0 Å². The number of sulfonamides is 1. The van der Waals surface area contributed by atoms with E-state index in [2.05, 4.69) is 10.0 Å². The maximum Gasteiger partial charge on any atom is 0.241 e. The fourth-order valence-corrected chi connectivity index (χ4v) is 4.05. The third-order valence-electron chi connectivity index (χ3n) is 3.96. The highest BCUT2D eigenvalue weighted by Gasteiger charge is 2.28. The van der Waals surface area contributed by atoms with Crippen LogP contribution < -0.4 is 14.8 Å². The number of hydrogen-bond acceptors (Lipinski definition) is 4. The van der Waals surface area contributed by atoms with Crippen LogP contribution in [0.3, 0.4) is 0 Å². The second-order valence-electron chi connectivity index (χ2n) is 6.37. The van der Waals surface area contributed by atoms with Crippen LogP contribution >= 0.6 is 11.6 Å². The Balaban J connectivity index is 2.08. The quantitative estimate of drug-likeness (QED) is 0.700. The predicted octanol–water partition coefficient (Wildman–Crippen LogP) is 2.97. The molecule has 2 aromatic carbocycles. The predicted molar refractivity (Wildman–Crippen MR) is 105 cm³/mol. The van der Waals surface area contributed by atoms with E-state index < -0.39 is 22.0 Å². The standard InChI is InChI=1S/C19H23ClN2O4S/c1-13(2)18(22-27(24,25)17-6-4-5-15(20)11-17)19(23)21-12-14-7-9-16(26-3)10-8-14/h4-11,13,18,22H,12H2,1-3H3,(H,21,23)/t18-/m0/s1. The zero-order valence-electron chi connectivity index (χ0n) is 15.4. The van der Waals surface area contributed by atoms with Crippen LogP contribution in [0.25, 0.3) is 0 Å². The molecule has 2 aromatic rings. The maximum atomic E-state index is 12.6. The molecule has 0 aliphatic carbocycles. The lowest BCUT2D eigenvalue weighted by atomic mass is 10.0. The van der Waals surface area contributed by atoms with E-state index in [-0.39, 0.29) is 17.4 Å². The summed E-state index contributed by atoms with van der Waals surface area (Å²) >= 11 is 5.87. The van der Waals surface area contributed by atoms with E-state index in [4.69, 9.17) is 16.3 Å². The van der Waals surface area contributed by atoms with Crippen LogP contribution in [-0.4, -0.2) is 27.5 Å². The number of amides is 1. The van der Waals surface area contributed by atoms with Crippen molar-refractivity contribution in [1.29, 1.82) is 0 Å². The number of nitrogens with one attached hydrogen (secondary N) is 2. The smallest absolute Gasteiger partial charge is 0.241 e. The summed E-state index contributed by atoms with van der Waals surface area (Å²) in [5.74, 6) is 0.0839. The highest BCUT2D eigenvalue weighted by Crippen LogP contribution is 2.17. The summed E-state index contributed by atoms with van der Waals surface area (Å²) < 4.78 is 32.7. The average Bonchev–Trinajstić information content (AvgIpc) is 2.64. The van der Waals surface area contributed by atoms with Crippen LogP contribution in [-0.2, 0) is 21.4 Å². The first-order chi connectivity index (χ1) is 12.7. The Bertz CT molecular complexity index is 883. The molecule has 1 amide bonds. The molecule has 2 rings (SSSR count). The summed E-state index contributed by atoms with van der Waals surface area (Å²) in [4.78, 5) is 12.6. The molecule has 0 heterocycles. The summed E-state index contributed by atoms with van der Waals surface area (Å²) in [5, 5.41) is 3.08. The first-order valence-electron chi connectivity index (χ1n) is 8.41. The van der Waals surface area contributed by atoms with Crippen molar-refractivity contribution < 1.29 is 17.9 Å². The van der Waals surface area contributed by atoms with Crippen molar-refractivity contribution in [2.24, 2.45) is 5.92 Å². The molecule has 0 aliphatic heterocycles. The molecule has 0 bridgehead atoms. The zero-order chi connectivity index (χ0) is 20.0. The van der Waals surface area contributed by atoms with Gasteiger partial charge < -0.3 is 10.1 Å². The summed E-state index contributed by atoms with van der Waals surface area (Å²) in [5.41, 5.74) is 0.879. The van der Waals surface area contributed by atoms with Gasteiger partial charge in [-0.2, -0.15) is 4.72 Å². The molecular formula is C19H23ClN2O4S. The van der Waals surface area contributed by atoms with Crippen LogP contribution in [0.2, 0.25) is 5.02 Å². The van der Waals surface area contributed by atoms with Gasteiger partial charge in [0, 0.05) is 11.6 Å². The molecule has 0 aromatic heterocycles. The molecule has 1 atom stereocenters. The zero-order valence-corrected chi connectivity index (χ0v) is 17.0. The van der Waals surface area contributed by atoms with Crippen molar-refractivity contribution in [3.63, 3.8) is 0 Å². The molecule has 0 radical (unpaired) electrons. The number of rotatable bonds is 8. The van der Waals surface area contributed by atoms with Gasteiger partial charge in [-0.25, -0.2) is 8.42 Å². The molecule has 0 spiro atoms. The van der Waals surface area contributed by atoms with Crippen molar-refractivity contribution in [2.75, 3.05) is 7.11 Å². The molecule has 0 unspecified atom stereocenters. The largest absolute Gasteiger partial charge is 0.497 e. The Morgan fingerprint density at radius 1 is 1.15 bits per heavy atom. The van der Waals surface area contributed by atoms with E-state index in [1.165, 1.54) is 12.1 Å². The molecule has 0 fully saturated rings. The number of halogens is 1. The highest BCUT2D eigenvalue weighted by molar-refractivity contribution is 7.89. The van der Waals surface area contributed by atoms with Crippen molar-refractivity contribution >= 4 is 27.5 Å². The first-order valence-corrected chi connectivity index (χ1v) is 10.3. The van der Waals surface area contributed by atoms with E-state index >= 15 is 0 Å². The second kappa shape index (κ2) is 9.21. The summed E-state index contributed by atoms with van der Waals surface area (Å²) in [6, 6.07) is 12.3. The van der Waals surface area contributed by atoms with Crippen molar-refractivity contribution in [2.45, 2.75) is 31.3 Å². The van der Waals surface area contributed by atoms with Gasteiger partial charge in [0.05, 0.1) is 12.0 Å². The van der Waals surface area contributed by atoms with Crippen LogP contribution in [0.1, 0.15) is 19.4 Å². The average molecular weight is 411 g/mol. The van der Waals surface area contributed by atoms with Crippen LogP contribution in [0.5, 0.6) is 5.75 Å². The molecule has 8 heteroatoms. The third kappa shape index (κ3) is 5.95. The maximum absolute atomic E-state index is 12.6. The van der Waals surface area contributed by atoms with Crippen LogP contribution in [0, 0.1) is 5.92 Å². The highest BCUT2D eigenvalue weighted by atomic mass is 35.5. The van der Waals surface area contributed by atoms with Gasteiger partial charge in [-0.1, -0.05) is 43.6 Å². The van der Waals surface area contributed by atoms with Gasteiger partial charge in [-0.15, -0.1) is 0 Å². The van der Waals surface area contributed by atoms with Crippen LogP contribution in [0.4, 0.5) is 0 Å². The SMILES string of the molecule is COc1ccc(CNC(=O)[C@@H](NS(=O)(=O)c2cccc(Cl)c2)C(C)C)cc1. The number of methoxy groups -OCH3 is 1. The number of carbonyl (C=O) groups excluding carboxylic acids is 1. The number of carbonyl (C=O) groups is 1. The minimum atomic E-state index is -3.88. The van der Waals surface area contributed by atoms with Gasteiger partial charge in [0.2, 0.25) is 15.9 Å². The lowest BCUT2D eigenvalue weighted by Crippen LogP contribution is -2.49.